The number of carbonyl (C=O) groups is 1. The van der Waals surface area contributed by atoms with E-state index >= 15 is 0 Å². The van der Waals surface area contributed by atoms with E-state index in [2.05, 4.69) is 10.2 Å². The van der Waals surface area contributed by atoms with Gasteiger partial charge in [0.05, 0.1) is 20.0 Å². The fourth-order valence-electron chi connectivity index (χ4n) is 3.59. The molecule has 0 saturated heterocycles. The molecule has 4 aromatic rings. The van der Waals surface area contributed by atoms with Crippen LogP contribution in [-0.2, 0) is 0 Å². The van der Waals surface area contributed by atoms with E-state index in [9.17, 15) is 4.79 Å². The number of aromatic nitrogens is 3. The van der Waals surface area contributed by atoms with E-state index in [4.69, 9.17) is 9.47 Å². The zero-order valence-corrected chi connectivity index (χ0v) is 19.8. The Kier molecular flexibility index (Phi) is 6.79. The van der Waals surface area contributed by atoms with Crippen molar-refractivity contribution in [3.05, 3.63) is 83.4 Å². The predicted molar refractivity (Wildman–Crippen MR) is 131 cm³/mol. The minimum atomic E-state index is 0.0628. The lowest BCUT2D eigenvalue weighted by atomic mass is 10.0. The van der Waals surface area contributed by atoms with Crippen molar-refractivity contribution in [2.45, 2.75) is 19.0 Å². The van der Waals surface area contributed by atoms with Crippen LogP contribution in [0.25, 0.3) is 17.1 Å². The first-order chi connectivity index (χ1) is 16.0. The monoisotopic (exact) mass is 459 g/mol. The third-order valence-corrected chi connectivity index (χ3v) is 6.26. The largest absolute Gasteiger partial charge is 0.497 e. The standard InChI is InChI=1S/C26H25N3O3S/c1-17-5-14-23(18(2)15-17)24(30)16-33-26-28-27-25(19-6-10-21(31-3)11-7-19)29(26)20-8-12-22(32-4)13-9-20/h5-15H,16H2,1-4H3. The van der Waals surface area contributed by atoms with Gasteiger partial charge in [0, 0.05) is 16.8 Å². The maximum atomic E-state index is 12.9. The fourth-order valence-corrected chi connectivity index (χ4v) is 4.42. The number of hydrogen-bond donors (Lipinski definition) is 0. The first-order valence-electron chi connectivity index (χ1n) is 10.5. The van der Waals surface area contributed by atoms with Crippen LogP contribution in [0.5, 0.6) is 11.5 Å². The van der Waals surface area contributed by atoms with E-state index in [1.54, 1.807) is 14.2 Å². The van der Waals surface area contributed by atoms with Crippen LogP contribution >= 0.6 is 11.8 Å². The molecule has 1 aromatic heterocycles. The van der Waals surface area contributed by atoms with Gasteiger partial charge in [-0.15, -0.1) is 10.2 Å². The van der Waals surface area contributed by atoms with Crippen LogP contribution in [0.1, 0.15) is 21.5 Å². The molecule has 0 spiro atoms. The number of nitrogens with zero attached hydrogens (tertiary/aromatic N) is 3. The molecule has 33 heavy (non-hydrogen) atoms. The van der Waals surface area contributed by atoms with Gasteiger partial charge in [-0.1, -0.05) is 35.5 Å². The summed E-state index contributed by atoms with van der Waals surface area (Å²) in [6, 6.07) is 21.2. The SMILES string of the molecule is COc1ccc(-c2nnc(SCC(=O)c3ccc(C)cc3C)n2-c2ccc(OC)cc2)cc1. The highest BCUT2D eigenvalue weighted by Gasteiger charge is 2.18. The molecule has 1 heterocycles. The van der Waals surface area contributed by atoms with Crippen LogP contribution < -0.4 is 9.47 Å². The summed E-state index contributed by atoms with van der Waals surface area (Å²) >= 11 is 1.37. The third kappa shape index (κ3) is 4.93. The Bertz CT molecular complexity index is 1270. The van der Waals surface area contributed by atoms with Gasteiger partial charge < -0.3 is 9.47 Å². The number of aryl methyl sites for hydroxylation is 2. The van der Waals surface area contributed by atoms with E-state index in [0.717, 1.165) is 39.4 Å². The predicted octanol–water partition coefficient (Wildman–Crippen LogP) is 5.54. The van der Waals surface area contributed by atoms with Gasteiger partial charge in [-0.2, -0.15) is 0 Å². The Hall–Kier alpha value is -3.58. The molecule has 0 N–H and O–H groups in total. The van der Waals surface area contributed by atoms with Crippen molar-refractivity contribution in [3.63, 3.8) is 0 Å². The molecule has 7 heteroatoms. The Morgan fingerprint density at radius 2 is 1.52 bits per heavy atom. The number of ether oxygens (including phenoxy) is 2. The average molecular weight is 460 g/mol. The molecule has 0 radical (unpaired) electrons. The molecule has 3 aromatic carbocycles. The summed E-state index contributed by atoms with van der Waals surface area (Å²) < 4.78 is 12.5. The summed E-state index contributed by atoms with van der Waals surface area (Å²) in [6.07, 6.45) is 0. The number of methoxy groups -OCH3 is 2. The van der Waals surface area contributed by atoms with Crippen LogP contribution in [0.3, 0.4) is 0 Å². The maximum absolute atomic E-state index is 12.9. The highest BCUT2D eigenvalue weighted by Crippen LogP contribution is 2.30. The van der Waals surface area contributed by atoms with E-state index in [0.29, 0.717) is 11.0 Å². The van der Waals surface area contributed by atoms with Crippen molar-refractivity contribution in [1.29, 1.82) is 0 Å². The molecule has 0 aliphatic heterocycles. The molecule has 0 atom stereocenters. The second-order valence-corrected chi connectivity index (χ2v) is 8.54. The second kappa shape index (κ2) is 9.92. The number of ketones is 1. The zero-order chi connectivity index (χ0) is 23.4. The van der Waals surface area contributed by atoms with Crippen molar-refractivity contribution >= 4 is 17.5 Å². The first-order valence-corrected chi connectivity index (χ1v) is 11.5. The second-order valence-electron chi connectivity index (χ2n) is 7.60. The minimum Gasteiger partial charge on any atom is -0.497 e. The Labute approximate surface area is 197 Å². The molecule has 4 rings (SSSR count). The normalized spacial score (nSPS) is 10.8. The van der Waals surface area contributed by atoms with E-state index in [-0.39, 0.29) is 11.5 Å². The van der Waals surface area contributed by atoms with Gasteiger partial charge in [0.25, 0.3) is 0 Å². The van der Waals surface area contributed by atoms with Gasteiger partial charge in [-0.3, -0.25) is 9.36 Å². The molecule has 0 bridgehead atoms. The van der Waals surface area contributed by atoms with Gasteiger partial charge in [-0.25, -0.2) is 0 Å². The smallest absolute Gasteiger partial charge is 0.196 e. The van der Waals surface area contributed by atoms with Crippen LogP contribution in [0, 0.1) is 13.8 Å². The summed E-state index contributed by atoms with van der Waals surface area (Å²) in [5.41, 5.74) is 4.63. The summed E-state index contributed by atoms with van der Waals surface area (Å²) in [6.45, 7) is 3.99. The van der Waals surface area contributed by atoms with E-state index < -0.39 is 0 Å². The lowest BCUT2D eigenvalue weighted by Gasteiger charge is -2.12. The van der Waals surface area contributed by atoms with Gasteiger partial charge in [0.15, 0.2) is 16.8 Å². The molecule has 0 amide bonds. The lowest BCUT2D eigenvalue weighted by Crippen LogP contribution is -2.07. The van der Waals surface area contributed by atoms with Crippen molar-refractivity contribution < 1.29 is 14.3 Å². The number of Topliss-reactive ketones (excluding diaryl/α,β-unsaturated/α-hetero) is 1. The maximum Gasteiger partial charge on any atom is 0.196 e. The lowest BCUT2D eigenvalue weighted by molar-refractivity contribution is 0.102. The van der Waals surface area contributed by atoms with Gasteiger partial charge in [-0.05, 0) is 67.9 Å². The Morgan fingerprint density at radius 3 is 2.12 bits per heavy atom. The molecule has 0 aliphatic rings. The molecule has 0 unspecified atom stereocenters. The van der Waals surface area contributed by atoms with Gasteiger partial charge in [0.1, 0.15) is 11.5 Å². The van der Waals surface area contributed by atoms with Crippen LogP contribution in [0.15, 0.2) is 71.9 Å². The number of thioether (sulfide) groups is 1. The number of carbonyl (C=O) groups excluding carboxylic acids is 1. The minimum absolute atomic E-state index is 0.0628. The molecule has 6 nitrogen and oxygen atoms in total. The summed E-state index contributed by atoms with van der Waals surface area (Å²) in [5.74, 6) is 2.54. The van der Waals surface area contributed by atoms with Gasteiger partial charge in [0.2, 0.25) is 0 Å². The van der Waals surface area contributed by atoms with Crippen molar-refractivity contribution in [3.8, 4) is 28.6 Å². The van der Waals surface area contributed by atoms with Crippen molar-refractivity contribution in [2.75, 3.05) is 20.0 Å². The number of rotatable bonds is 8. The Morgan fingerprint density at radius 1 is 0.879 bits per heavy atom. The molecular formula is C26H25N3O3S. The van der Waals surface area contributed by atoms with Gasteiger partial charge >= 0.3 is 0 Å². The summed E-state index contributed by atoms with van der Waals surface area (Å²) in [5, 5.41) is 9.51. The fraction of sp³-hybridized carbons (Fsp3) is 0.192. The molecule has 0 fully saturated rings. The van der Waals surface area contributed by atoms with E-state index in [1.165, 1.54) is 11.8 Å². The summed E-state index contributed by atoms with van der Waals surface area (Å²) in [4.78, 5) is 12.9. The highest BCUT2D eigenvalue weighted by molar-refractivity contribution is 7.99. The Balaban J connectivity index is 1.68. The van der Waals surface area contributed by atoms with Crippen molar-refractivity contribution in [1.82, 2.24) is 14.8 Å². The number of benzene rings is 3. The van der Waals surface area contributed by atoms with Crippen molar-refractivity contribution in [2.24, 2.45) is 0 Å². The molecule has 0 aliphatic carbocycles. The van der Waals surface area contributed by atoms with Crippen LogP contribution in [0.4, 0.5) is 0 Å². The zero-order valence-electron chi connectivity index (χ0n) is 19.0. The number of hydrogen-bond acceptors (Lipinski definition) is 6. The average Bonchev–Trinajstić information content (AvgIpc) is 3.26. The third-order valence-electron chi connectivity index (χ3n) is 5.33. The van der Waals surface area contributed by atoms with E-state index in [1.807, 2.05) is 85.1 Å². The topological polar surface area (TPSA) is 66.2 Å². The first kappa shape index (κ1) is 22.6. The molecule has 0 saturated carbocycles. The summed E-state index contributed by atoms with van der Waals surface area (Å²) in [7, 11) is 3.27. The highest BCUT2D eigenvalue weighted by atomic mass is 32.2. The van der Waals surface area contributed by atoms with Crippen LogP contribution in [-0.4, -0.2) is 40.5 Å². The molecular weight excluding hydrogens is 434 g/mol. The molecule has 168 valence electrons. The quantitative estimate of drug-likeness (QED) is 0.254. The van der Waals surface area contributed by atoms with Crippen LogP contribution in [0.2, 0.25) is 0 Å².